The summed E-state index contributed by atoms with van der Waals surface area (Å²) in [7, 11) is 3.26. The molecule has 2 N–H and O–H groups in total. The van der Waals surface area contributed by atoms with Crippen LogP contribution in [0.25, 0.3) is 21.9 Å². The Hall–Kier alpha value is -3.66. The van der Waals surface area contributed by atoms with E-state index in [1.807, 2.05) is 54.6 Å². The molecule has 0 aliphatic rings. The van der Waals surface area contributed by atoms with Crippen LogP contribution in [0.4, 0.5) is 5.69 Å². The lowest BCUT2D eigenvalue weighted by molar-refractivity contribution is 0.355. The van der Waals surface area contributed by atoms with E-state index in [1.165, 1.54) is 0 Å². The number of methoxy groups -OCH3 is 2. The fourth-order valence-electron chi connectivity index (χ4n) is 3.24. The third-order valence-electron chi connectivity index (χ3n) is 4.67. The first kappa shape index (κ1) is 17.7. The van der Waals surface area contributed by atoms with E-state index in [4.69, 9.17) is 19.9 Å². The van der Waals surface area contributed by atoms with Crippen molar-refractivity contribution < 1.29 is 14.2 Å². The van der Waals surface area contributed by atoms with Gasteiger partial charge >= 0.3 is 0 Å². The van der Waals surface area contributed by atoms with E-state index < -0.39 is 0 Å². The van der Waals surface area contributed by atoms with Gasteiger partial charge < -0.3 is 19.9 Å². The van der Waals surface area contributed by atoms with Crippen LogP contribution in [0.3, 0.4) is 0 Å². The Morgan fingerprint density at radius 3 is 2.21 bits per heavy atom. The Morgan fingerprint density at radius 2 is 1.46 bits per heavy atom. The highest BCUT2D eigenvalue weighted by Crippen LogP contribution is 2.42. The van der Waals surface area contributed by atoms with Gasteiger partial charge in [-0.3, -0.25) is 0 Å². The monoisotopic (exact) mass is 371 g/mol. The molecule has 0 saturated heterocycles. The van der Waals surface area contributed by atoms with Crippen LogP contribution in [0.15, 0.2) is 78.9 Å². The van der Waals surface area contributed by atoms with Gasteiger partial charge in [0, 0.05) is 16.6 Å². The van der Waals surface area contributed by atoms with Crippen molar-refractivity contribution in [1.29, 1.82) is 0 Å². The first-order valence-corrected chi connectivity index (χ1v) is 8.97. The summed E-state index contributed by atoms with van der Waals surface area (Å²) >= 11 is 0. The number of benzene rings is 4. The van der Waals surface area contributed by atoms with Gasteiger partial charge in [-0.25, -0.2) is 0 Å². The Morgan fingerprint density at radius 1 is 0.714 bits per heavy atom. The lowest BCUT2D eigenvalue weighted by Crippen LogP contribution is -1.93. The number of anilines is 1. The number of hydrogen-bond acceptors (Lipinski definition) is 4. The van der Waals surface area contributed by atoms with Crippen LogP contribution in [-0.4, -0.2) is 14.2 Å². The van der Waals surface area contributed by atoms with Gasteiger partial charge in [-0.05, 0) is 53.4 Å². The normalized spacial score (nSPS) is 10.6. The van der Waals surface area contributed by atoms with Crippen LogP contribution >= 0.6 is 0 Å². The van der Waals surface area contributed by atoms with E-state index in [0.717, 1.165) is 33.4 Å². The van der Waals surface area contributed by atoms with Crippen LogP contribution < -0.4 is 19.9 Å². The van der Waals surface area contributed by atoms with Crippen molar-refractivity contribution in [2.75, 3.05) is 20.0 Å². The molecule has 4 nitrogen and oxygen atoms in total. The van der Waals surface area contributed by atoms with E-state index in [2.05, 4.69) is 24.3 Å². The topological polar surface area (TPSA) is 53.7 Å². The molecule has 0 saturated carbocycles. The Balaban J connectivity index is 1.89. The maximum atomic E-state index is 6.33. The summed E-state index contributed by atoms with van der Waals surface area (Å²) in [5.74, 6) is 2.88. The molecule has 0 bridgehead atoms. The molecule has 4 aromatic rings. The molecule has 0 heterocycles. The summed E-state index contributed by atoms with van der Waals surface area (Å²) in [6.07, 6.45) is 0. The van der Waals surface area contributed by atoms with Crippen LogP contribution in [0.2, 0.25) is 0 Å². The Bertz CT molecular complexity index is 1120. The summed E-state index contributed by atoms with van der Waals surface area (Å²) in [6, 6.07) is 25.6. The Kier molecular flexibility index (Phi) is 4.77. The van der Waals surface area contributed by atoms with Crippen molar-refractivity contribution >= 4 is 16.5 Å². The average molecular weight is 371 g/mol. The summed E-state index contributed by atoms with van der Waals surface area (Å²) in [6.45, 7) is 0. The zero-order valence-electron chi connectivity index (χ0n) is 15.8. The van der Waals surface area contributed by atoms with Gasteiger partial charge in [0.05, 0.1) is 14.2 Å². The molecule has 4 heteroatoms. The van der Waals surface area contributed by atoms with Gasteiger partial charge in [-0.1, -0.05) is 36.4 Å². The molecule has 0 amide bonds. The average Bonchev–Trinajstić information content (AvgIpc) is 2.75. The number of fused-ring (bicyclic) bond motifs is 1. The smallest absolute Gasteiger partial charge is 0.161 e. The highest BCUT2D eigenvalue weighted by molar-refractivity contribution is 5.95. The molecule has 4 aromatic carbocycles. The van der Waals surface area contributed by atoms with E-state index in [1.54, 1.807) is 14.2 Å². The molecule has 0 unspecified atom stereocenters. The minimum Gasteiger partial charge on any atom is -0.493 e. The Labute approximate surface area is 164 Å². The summed E-state index contributed by atoms with van der Waals surface area (Å²) < 4.78 is 17.2. The number of hydrogen-bond donors (Lipinski definition) is 1. The van der Waals surface area contributed by atoms with E-state index >= 15 is 0 Å². The first-order valence-electron chi connectivity index (χ1n) is 8.97. The molecule has 4 rings (SSSR count). The van der Waals surface area contributed by atoms with Crippen molar-refractivity contribution in [2.45, 2.75) is 0 Å². The van der Waals surface area contributed by atoms with Crippen molar-refractivity contribution in [3.8, 4) is 34.1 Å². The molecule has 28 heavy (non-hydrogen) atoms. The van der Waals surface area contributed by atoms with Gasteiger partial charge in [0.15, 0.2) is 11.5 Å². The third kappa shape index (κ3) is 3.32. The molecule has 0 aromatic heterocycles. The van der Waals surface area contributed by atoms with E-state index in [0.29, 0.717) is 17.2 Å². The van der Waals surface area contributed by atoms with Gasteiger partial charge in [0.1, 0.15) is 11.5 Å². The molecule has 0 fully saturated rings. The van der Waals surface area contributed by atoms with Crippen molar-refractivity contribution in [1.82, 2.24) is 0 Å². The molecule has 0 spiro atoms. The summed E-state index contributed by atoms with van der Waals surface area (Å²) in [4.78, 5) is 0. The summed E-state index contributed by atoms with van der Waals surface area (Å²) in [5.41, 5.74) is 8.46. The zero-order valence-corrected chi connectivity index (χ0v) is 15.8. The maximum Gasteiger partial charge on any atom is 0.161 e. The molecule has 0 aliphatic heterocycles. The molecular formula is C24H21NO3. The predicted molar refractivity (Wildman–Crippen MR) is 113 cm³/mol. The zero-order chi connectivity index (χ0) is 19.5. The van der Waals surface area contributed by atoms with Crippen LogP contribution in [-0.2, 0) is 0 Å². The van der Waals surface area contributed by atoms with Crippen LogP contribution in [0.1, 0.15) is 0 Å². The number of ether oxygens (including phenoxy) is 3. The number of rotatable bonds is 5. The SMILES string of the molecule is COc1ccc(-c2ccc3ccccc3c2Oc2ccc(N)cc2)cc1OC. The van der Waals surface area contributed by atoms with Crippen molar-refractivity contribution in [2.24, 2.45) is 0 Å². The van der Waals surface area contributed by atoms with Crippen LogP contribution in [0, 0.1) is 0 Å². The fraction of sp³-hybridized carbons (Fsp3) is 0.0833. The van der Waals surface area contributed by atoms with Gasteiger partial charge in [-0.15, -0.1) is 0 Å². The number of nitrogen functional groups attached to an aromatic ring is 1. The largest absolute Gasteiger partial charge is 0.493 e. The second-order valence-corrected chi connectivity index (χ2v) is 6.40. The van der Waals surface area contributed by atoms with Gasteiger partial charge in [-0.2, -0.15) is 0 Å². The lowest BCUT2D eigenvalue weighted by Gasteiger charge is -2.16. The molecule has 0 radical (unpaired) electrons. The standard InChI is InChI=1S/C24H21NO3/c1-26-22-14-8-17(15-23(22)27-2)21-13-7-16-5-3-4-6-20(16)24(21)28-19-11-9-18(25)10-12-19/h3-15H,25H2,1-2H3. The highest BCUT2D eigenvalue weighted by Gasteiger charge is 2.14. The minimum absolute atomic E-state index is 0.673. The predicted octanol–water partition coefficient (Wildman–Crippen LogP) is 5.90. The van der Waals surface area contributed by atoms with E-state index in [9.17, 15) is 0 Å². The quantitative estimate of drug-likeness (QED) is 0.444. The van der Waals surface area contributed by atoms with Crippen molar-refractivity contribution in [3.63, 3.8) is 0 Å². The minimum atomic E-state index is 0.673. The van der Waals surface area contributed by atoms with Gasteiger partial charge in [0.25, 0.3) is 0 Å². The molecule has 140 valence electrons. The van der Waals surface area contributed by atoms with Crippen molar-refractivity contribution in [3.05, 3.63) is 78.9 Å². The molecule has 0 atom stereocenters. The molecular weight excluding hydrogens is 350 g/mol. The van der Waals surface area contributed by atoms with Crippen LogP contribution in [0.5, 0.6) is 23.0 Å². The second kappa shape index (κ2) is 7.53. The second-order valence-electron chi connectivity index (χ2n) is 6.40. The first-order chi connectivity index (χ1) is 13.7. The summed E-state index contributed by atoms with van der Waals surface area (Å²) in [5, 5.41) is 2.14. The fourth-order valence-corrected chi connectivity index (χ4v) is 3.24. The van der Waals surface area contributed by atoms with E-state index in [-0.39, 0.29) is 0 Å². The lowest BCUT2D eigenvalue weighted by atomic mass is 9.99. The van der Waals surface area contributed by atoms with Gasteiger partial charge in [0.2, 0.25) is 0 Å². The molecule has 0 aliphatic carbocycles. The maximum absolute atomic E-state index is 6.33. The highest BCUT2D eigenvalue weighted by atomic mass is 16.5. The third-order valence-corrected chi connectivity index (χ3v) is 4.67. The number of nitrogens with two attached hydrogens (primary N) is 1.